The molecule has 0 bridgehead atoms. The summed E-state index contributed by atoms with van der Waals surface area (Å²) >= 11 is 0. The molecule has 0 spiro atoms. The van der Waals surface area contributed by atoms with Crippen molar-refractivity contribution in [1.29, 1.82) is 0 Å². The highest BCUT2D eigenvalue weighted by atomic mass is 15.1. The summed E-state index contributed by atoms with van der Waals surface area (Å²) in [6.07, 6.45) is 0. The van der Waals surface area contributed by atoms with Crippen LogP contribution in [0, 0.1) is 0 Å². The van der Waals surface area contributed by atoms with Crippen molar-refractivity contribution in [2.75, 3.05) is 4.90 Å². The van der Waals surface area contributed by atoms with Crippen LogP contribution in [0.5, 0.6) is 0 Å². The Morgan fingerprint density at radius 2 is 1.00 bits per heavy atom. The highest BCUT2D eigenvalue weighted by Gasteiger charge is 2.16. The highest BCUT2D eigenvalue weighted by molar-refractivity contribution is 6.10. The van der Waals surface area contributed by atoms with Crippen LogP contribution in [0.25, 0.3) is 60.9 Å². The molecule has 2 heteroatoms. The third kappa shape index (κ3) is 5.43. The standard InChI is InChI=1S/C48H34N2/c1-4-13-35(14-5-1)37-23-28-42(29-24-37)49(44-20-12-17-39(33-44)36-15-6-2-7-16-36)43-30-25-38(26-31-43)40-27-32-48-46(34-40)45-21-10-11-22-47(45)50(48)41-18-8-3-9-19-41/h1-34H/i2D,6D,7D,12D,15D,16D,17D,20D,25D,26D,30D,31D,33D. The topological polar surface area (TPSA) is 8.17 Å². The monoisotopic (exact) mass is 651 g/mol. The SMILES string of the molecule is [2H]c1c([2H])c([2H])c(-c2c([2H])c([2H])c([2H])c(N(c3ccc(-c4ccccc4)cc3)c3c([2H])c([2H])c(-c4ccc5c(c4)c4ccccc4n5-c4ccccc4)c([2H])c3[2H])c2[2H])c([2H])c1[2H]. The molecule has 0 radical (unpaired) electrons. The van der Waals surface area contributed by atoms with Crippen LogP contribution in [0.2, 0.25) is 0 Å². The largest absolute Gasteiger partial charge is 0.310 e. The predicted molar refractivity (Wildman–Crippen MR) is 212 cm³/mol. The van der Waals surface area contributed by atoms with E-state index in [-0.39, 0.29) is 16.9 Å². The van der Waals surface area contributed by atoms with Crippen LogP contribution in [0.15, 0.2) is 206 Å². The molecule has 236 valence electrons. The average molecular weight is 652 g/mol. The zero-order chi connectivity index (χ0) is 44.6. The fourth-order valence-corrected chi connectivity index (χ4v) is 6.29. The molecule has 50 heavy (non-hydrogen) atoms. The molecule has 0 aliphatic rings. The molecular weight excluding hydrogens is 605 g/mol. The second-order valence-electron chi connectivity index (χ2n) is 11.6. The zero-order valence-corrected chi connectivity index (χ0v) is 26.5. The van der Waals surface area contributed by atoms with E-state index in [4.69, 9.17) is 9.60 Å². The van der Waals surface area contributed by atoms with E-state index in [1.165, 1.54) is 0 Å². The van der Waals surface area contributed by atoms with Gasteiger partial charge < -0.3 is 9.47 Å². The Morgan fingerprint density at radius 1 is 0.380 bits per heavy atom. The van der Waals surface area contributed by atoms with Gasteiger partial charge in [-0.25, -0.2) is 0 Å². The first-order chi connectivity index (χ1) is 30.2. The maximum atomic E-state index is 9.57. The van der Waals surface area contributed by atoms with Crippen molar-refractivity contribution in [1.82, 2.24) is 4.57 Å². The van der Waals surface area contributed by atoms with E-state index in [9.17, 15) is 8.22 Å². The molecule has 0 saturated carbocycles. The molecule has 0 saturated heterocycles. The van der Waals surface area contributed by atoms with Gasteiger partial charge in [-0.15, -0.1) is 0 Å². The number of nitrogens with zero attached hydrogens (tertiary/aromatic N) is 2. The van der Waals surface area contributed by atoms with Gasteiger partial charge in [0.05, 0.1) is 28.9 Å². The van der Waals surface area contributed by atoms with Gasteiger partial charge in [0.25, 0.3) is 0 Å². The molecule has 0 aliphatic carbocycles. The minimum Gasteiger partial charge on any atom is -0.310 e. The number of fused-ring (bicyclic) bond motifs is 3. The minimum atomic E-state index is -0.747. The molecule has 0 N–H and O–H groups in total. The van der Waals surface area contributed by atoms with Crippen molar-refractivity contribution >= 4 is 38.9 Å². The third-order valence-electron chi connectivity index (χ3n) is 8.63. The Morgan fingerprint density at radius 3 is 1.78 bits per heavy atom. The average Bonchev–Trinajstić information content (AvgIpc) is 3.64. The van der Waals surface area contributed by atoms with E-state index >= 15 is 0 Å². The van der Waals surface area contributed by atoms with Crippen LogP contribution in [-0.4, -0.2) is 4.57 Å². The number of hydrogen-bond donors (Lipinski definition) is 0. The van der Waals surface area contributed by atoms with Crippen molar-refractivity contribution < 1.29 is 17.8 Å². The normalized spacial score (nSPS) is 14.8. The lowest BCUT2D eigenvalue weighted by Crippen LogP contribution is -2.10. The quantitative estimate of drug-likeness (QED) is 0.166. The fraction of sp³-hybridized carbons (Fsp3) is 0. The number of benzene rings is 8. The van der Waals surface area contributed by atoms with E-state index in [2.05, 4.69) is 4.57 Å². The molecule has 0 unspecified atom stereocenters. The van der Waals surface area contributed by atoms with Crippen LogP contribution in [0.4, 0.5) is 17.1 Å². The number of anilines is 3. The highest BCUT2D eigenvalue weighted by Crippen LogP contribution is 2.39. The molecule has 2 nitrogen and oxygen atoms in total. The first kappa shape index (κ1) is 18.8. The maximum absolute atomic E-state index is 9.57. The fourth-order valence-electron chi connectivity index (χ4n) is 6.29. The molecule has 0 fully saturated rings. The summed E-state index contributed by atoms with van der Waals surface area (Å²) in [5.41, 5.74) is 3.11. The molecule has 0 amide bonds. The van der Waals surface area contributed by atoms with Gasteiger partial charge >= 0.3 is 0 Å². The Hall–Kier alpha value is -6.64. The van der Waals surface area contributed by atoms with E-state index < -0.39 is 95.4 Å². The predicted octanol–water partition coefficient (Wildman–Crippen LogP) is 13.3. The van der Waals surface area contributed by atoms with Crippen LogP contribution in [-0.2, 0) is 0 Å². The number of rotatable bonds is 7. The first-order valence-corrected chi connectivity index (χ1v) is 16.0. The van der Waals surface area contributed by atoms with Gasteiger partial charge in [0.15, 0.2) is 0 Å². The van der Waals surface area contributed by atoms with E-state index in [0.717, 1.165) is 43.5 Å². The molecule has 1 heterocycles. The second kappa shape index (κ2) is 12.8. The molecule has 9 aromatic rings. The summed E-state index contributed by atoms with van der Waals surface area (Å²) in [5.74, 6) is 0. The number of aromatic nitrogens is 1. The molecular formula is C48H34N2. The smallest absolute Gasteiger partial charge is 0.0651 e. The third-order valence-corrected chi connectivity index (χ3v) is 8.63. The maximum Gasteiger partial charge on any atom is 0.0651 e. The number of hydrogen-bond acceptors (Lipinski definition) is 1. The summed E-state index contributed by atoms with van der Waals surface area (Å²) in [5, 5.41) is 1.74. The Labute approximate surface area is 311 Å². The van der Waals surface area contributed by atoms with Crippen LogP contribution in [0.3, 0.4) is 0 Å². The molecule has 0 aliphatic heterocycles. The van der Waals surface area contributed by atoms with Gasteiger partial charge in [0.2, 0.25) is 0 Å². The van der Waals surface area contributed by atoms with Gasteiger partial charge in [-0.2, -0.15) is 0 Å². The second-order valence-corrected chi connectivity index (χ2v) is 11.6. The van der Waals surface area contributed by atoms with Gasteiger partial charge in [-0.1, -0.05) is 139 Å². The molecule has 9 rings (SSSR count). The lowest BCUT2D eigenvalue weighted by atomic mass is 10.0. The molecule has 0 atom stereocenters. The van der Waals surface area contributed by atoms with E-state index in [1.807, 2.05) is 97.1 Å². The lowest BCUT2D eigenvalue weighted by Gasteiger charge is -2.26. The van der Waals surface area contributed by atoms with Crippen LogP contribution < -0.4 is 4.90 Å². The summed E-state index contributed by atoms with van der Waals surface area (Å²) in [6, 6.07) is 31.0. The number of para-hydroxylation sites is 2. The summed E-state index contributed by atoms with van der Waals surface area (Å²) in [4.78, 5) is 1.16. The van der Waals surface area contributed by atoms with Crippen molar-refractivity contribution in [3.63, 3.8) is 0 Å². The minimum absolute atomic E-state index is 0.00580. The van der Waals surface area contributed by atoms with Gasteiger partial charge in [-0.05, 0) is 100 Å². The van der Waals surface area contributed by atoms with Crippen molar-refractivity contribution in [2.24, 2.45) is 0 Å². The lowest BCUT2D eigenvalue weighted by molar-refractivity contribution is 1.18. The van der Waals surface area contributed by atoms with Gasteiger partial charge in [0.1, 0.15) is 0 Å². The summed E-state index contributed by atoms with van der Waals surface area (Å²) < 4.78 is 119. The molecule has 1 aromatic heterocycles. The Kier molecular flexibility index (Phi) is 4.79. The Bertz CT molecular complexity index is 3260. The van der Waals surface area contributed by atoms with Crippen molar-refractivity contribution in [3.8, 4) is 39.1 Å². The Balaban J connectivity index is 1.31. The molecule has 8 aromatic carbocycles. The summed E-state index contributed by atoms with van der Waals surface area (Å²) in [7, 11) is 0. The first-order valence-electron chi connectivity index (χ1n) is 22.5. The van der Waals surface area contributed by atoms with Crippen molar-refractivity contribution in [3.05, 3.63) is 206 Å². The van der Waals surface area contributed by atoms with Crippen LogP contribution in [0.1, 0.15) is 17.8 Å². The summed E-state index contributed by atoms with van der Waals surface area (Å²) in [6.45, 7) is 0. The van der Waals surface area contributed by atoms with Crippen LogP contribution >= 0.6 is 0 Å². The van der Waals surface area contributed by atoms with E-state index in [1.54, 1.807) is 30.3 Å². The van der Waals surface area contributed by atoms with Crippen molar-refractivity contribution in [2.45, 2.75) is 0 Å². The van der Waals surface area contributed by atoms with E-state index in [0.29, 0.717) is 5.56 Å². The van der Waals surface area contributed by atoms with Gasteiger partial charge in [0, 0.05) is 33.5 Å². The zero-order valence-electron chi connectivity index (χ0n) is 39.5. The van der Waals surface area contributed by atoms with Gasteiger partial charge in [-0.3, -0.25) is 0 Å².